The number of hydrogen-bond donors (Lipinski definition) is 0. The molecule has 0 atom stereocenters. The van der Waals surface area contributed by atoms with E-state index in [9.17, 15) is 0 Å². The van der Waals surface area contributed by atoms with Gasteiger partial charge in [0.1, 0.15) is 0 Å². The smallest absolute Gasteiger partial charge is 0.0785 e. The van der Waals surface area contributed by atoms with Crippen molar-refractivity contribution in [3.8, 4) is 22.4 Å². The summed E-state index contributed by atoms with van der Waals surface area (Å²) in [5.41, 5.74) is 6.12. The fourth-order valence-corrected chi connectivity index (χ4v) is 4.52. The molecule has 2 heteroatoms. The normalized spacial score (nSPS) is 11.5. The molecule has 0 aliphatic heterocycles. The highest BCUT2D eigenvalue weighted by atomic mass is 28.3. The van der Waals surface area contributed by atoms with Gasteiger partial charge in [-0.15, -0.1) is 0 Å². The van der Waals surface area contributed by atoms with Crippen molar-refractivity contribution < 1.29 is 0 Å². The highest BCUT2D eigenvalue weighted by Crippen LogP contribution is 2.25. The van der Waals surface area contributed by atoms with Crippen LogP contribution in [-0.2, 0) is 0 Å². The molecule has 0 N–H and O–H groups in total. The van der Waals surface area contributed by atoms with Crippen molar-refractivity contribution in [1.82, 2.24) is 4.98 Å². The van der Waals surface area contributed by atoms with Gasteiger partial charge >= 0.3 is 0 Å². The van der Waals surface area contributed by atoms with Crippen molar-refractivity contribution in [1.29, 1.82) is 0 Å². The van der Waals surface area contributed by atoms with Gasteiger partial charge in [-0.25, -0.2) is 0 Å². The number of aromatic nitrogens is 1. The van der Waals surface area contributed by atoms with Crippen molar-refractivity contribution in [2.75, 3.05) is 0 Å². The Hall–Kier alpha value is -2.19. The van der Waals surface area contributed by atoms with E-state index in [1.807, 2.05) is 0 Å². The summed E-state index contributed by atoms with van der Waals surface area (Å²) in [6, 6.07) is 21.4. The molecule has 0 bridgehead atoms. The molecule has 3 aromatic rings. The summed E-state index contributed by atoms with van der Waals surface area (Å²) in [5, 5.41) is 1.47. The molecule has 0 radical (unpaired) electrons. The first-order valence-electron chi connectivity index (χ1n) is 8.09. The zero-order valence-corrected chi connectivity index (χ0v) is 15.3. The van der Waals surface area contributed by atoms with Crippen LogP contribution in [0.3, 0.4) is 0 Å². The van der Waals surface area contributed by atoms with E-state index >= 15 is 0 Å². The molecule has 0 aliphatic carbocycles. The van der Waals surface area contributed by atoms with Crippen LogP contribution in [0, 0.1) is 6.92 Å². The van der Waals surface area contributed by atoms with Crippen LogP contribution in [0.5, 0.6) is 0 Å². The highest BCUT2D eigenvalue weighted by molar-refractivity contribution is 6.89. The summed E-state index contributed by atoms with van der Waals surface area (Å²) >= 11 is 0. The molecule has 2 aromatic carbocycles. The van der Waals surface area contributed by atoms with Gasteiger partial charge in [0.15, 0.2) is 0 Å². The minimum atomic E-state index is -1.48. The van der Waals surface area contributed by atoms with Gasteiger partial charge < -0.3 is 0 Å². The van der Waals surface area contributed by atoms with Gasteiger partial charge in [0.05, 0.1) is 13.8 Å². The molecule has 1 heterocycles. The number of aryl methyl sites for hydroxylation is 1. The maximum absolute atomic E-state index is 4.78. The van der Waals surface area contributed by atoms with Crippen molar-refractivity contribution >= 4 is 13.3 Å². The minimum Gasteiger partial charge on any atom is -0.256 e. The third-order valence-corrected chi connectivity index (χ3v) is 6.25. The first-order chi connectivity index (χ1) is 11.0. The first-order valence-corrected chi connectivity index (χ1v) is 11.6. The lowest BCUT2D eigenvalue weighted by atomic mass is 10.0. The summed E-state index contributed by atoms with van der Waals surface area (Å²) in [6.07, 6.45) is 2.06. The van der Waals surface area contributed by atoms with Crippen molar-refractivity contribution in [2.24, 2.45) is 0 Å². The van der Waals surface area contributed by atoms with Gasteiger partial charge in [-0.2, -0.15) is 0 Å². The van der Waals surface area contributed by atoms with Gasteiger partial charge in [-0.05, 0) is 34.9 Å². The molecule has 116 valence electrons. The molecule has 0 fully saturated rings. The molecule has 0 unspecified atom stereocenters. The Balaban J connectivity index is 2.20. The predicted octanol–water partition coefficient (Wildman–Crippen LogP) is 5.27. The monoisotopic (exact) mass is 317 g/mol. The number of rotatable bonds is 3. The fraction of sp³-hybridized carbons (Fsp3) is 0.190. The minimum absolute atomic E-state index is 1.08. The van der Waals surface area contributed by atoms with Crippen molar-refractivity contribution in [2.45, 2.75) is 26.6 Å². The first kappa shape index (κ1) is 15.7. The summed E-state index contributed by atoms with van der Waals surface area (Å²) in [4.78, 5) is 4.78. The number of hydrogen-bond acceptors (Lipinski definition) is 1. The summed E-state index contributed by atoms with van der Waals surface area (Å²) in [6.45, 7) is 9.35. The SMILES string of the molecule is Cc1ccccc1-c1cc([Si](C)(C)C)c(-c2ccccc2)cn1. The Morgan fingerprint density at radius 2 is 1.43 bits per heavy atom. The molecule has 0 aliphatic rings. The molecular weight excluding hydrogens is 294 g/mol. The van der Waals surface area contributed by atoms with Gasteiger partial charge in [0.25, 0.3) is 0 Å². The lowest BCUT2D eigenvalue weighted by Gasteiger charge is -2.22. The van der Waals surface area contributed by atoms with Crippen LogP contribution in [-0.4, -0.2) is 13.1 Å². The molecular formula is C21H23NSi. The third kappa shape index (κ3) is 3.27. The van der Waals surface area contributed by atoms with Gasteiger partial charge in [-0.1, -0.05) is 74.2 Å². The summed E-state index contributed by atoms with van der Waals surface area (Å²) in [5.74, 6) is 0. The fourth-order valence-electron chi connectivity index (χ4n) is 2.93. The van der Waals surface area contributed by atoms with Crippen LogP contribution in [0.2, 0.25) is 19.6 Å². The van der Waals surface area contributed by atoms with E-state index in [4.69, 9.17) is 4.98 Å². The average molecular weight is 318 g/mol. The number of benzene rings is 2. The van der Waals surface area contributed by atoms with E-state index in [1.54, 1.807) is 0 Å². The molecule has 3 rings (SSSR count). The van der Waals surface area contributed by atoms with E-state index in [0.29, 0.717) is 0 Å². The lowest BCUT2D eigenvalue weighted by Crippen LogP contribution is -2.39. The maximum atomic E-state index is 4.78. The van der Waals surface area contributed by atoms with E-state index in [1.165, 1.54) is 27.4 Å². The highest BCUT2D eigenvalue weighted by Gasteiger charge is 2.22. The van der Waals surface area contributed by atoms with Gasteiger partial charge in [0, 0.05) is 11.8 Å². The van der Waals surface area contributed by atoms with Crippen LogP contribution in [0.25, 0.3) is 22.4 Å². The number of pyridine rings is 1. The zero-order valence-electron chi connectivity index (χ0n) is 14.3. The van der Waals surface area contributed by atoms with E-state index in [2.05, 4.69) is 93.4 Å². The maximum Gasteiger partial charge on any atom is 0.0785 e. The Morgan fingerprint density at radius 1 is 0.783 bits per heavy atom. The van der Waals surface area contributed by atoms with Crippen molar-refractivity contribution in [3.63, 3.8) is 0 Å². The van der Waals surface area contributed by atoms with Crippen LogP contribution < -0.4 is 5.19 Å². The molecule has 0 saturated heterocycles. The Kier molecular flexibility index (Phi) is 4.18. The number of nitrogens with zero attached hydrogens (tertiary/aromatic N) is 1. The predicted molar refractivity (Wildman–Crippen MR) is 103 cm³/mol. The van der Waals surface area contributed by atoms with Gasteiger partial charge in [-0.3, -0.25) is 4.98 Å². The zero-order chi connectivity index (χ0) is 16.4. The second-order valence-corrected chi connectivity index (χ2v) is 12.1. The Labute approximate surface area is 140 Å². The lowest BCUT2D eigenvalue weighted by molar-refractivity contribution is 1.31. The molecule has 0 amide bonds. The van der Waals surface area contributed by atoms with E-state index < -0.39 is 8.07 Å². The van der Waals surface area contributed by atoms with Crippen LogP contribution in [0.1, 0.15) is 5.56 Å². The topological polar surface area (TPSA) is 12.9 Å². The molecule has 23 heavy (non-hydrogen) atoms. The quantitative estimate of drug-likeness (QED) is 0.600. The van der Waals surface area contributed by atoms with E-state index in [-0.39, 0.29) is 0 Å². The standard InChI is InChI=1S/C21H23NSi/c1-16-10-8-9-13-18(16)20-14-21(23(2,3)4)19(15-22-20)17-11-6-5-7-12-17/h5-15H,1-4H3. The summed E-state index contributed by atoms with van der Waals surface area (Å²) < 4.78 is 0. The third-order valence-electron chi connectivity index (χ3n) is 4.22. The van der Waals surface area contributed by atoms with Crippen molar-refractivity contribution in [3.05, 3.63) is 72.4 Å². The second-order valence-electron chi connectivity index (χ2n) is 7.05. The largest absolute Gasteiger partial charge is 0.256 e. The summed E-state index contributed by atoms with van der Waals surface area (Å²) in [7, 11) is -1.48. The van der Waals surface area contributed by atoms with Crippen LogP contribution in [0.4, 0.5) is 0 Å². The molecule has 0 spiro atoms. The average Bonchev–Trinajstić information content (AvgIpc) is 2.55. The Morgan fingerprint density at radius 3 is 2.09 bits per heavy atom. The molecule has 0 saturated carbocycles. The van der Waals surface area contributed by atoms with Gasteiger partial charge in [0.2, 0.25) is 0 Å². The van der Waals surface area contributed by atoms with Crippen LogP contribution >= 0.6 is 0 Å². The Bertz CT molecular complexity index is 817. The van der Waals surface area contributed by atoms with E-state index in [0.717, 1.165) is 5.69 Å². The second kappa shape index (κ2) is 6.13. The molecule has 1 nitrogen and oxygen atoms in total. The van der Waals surface area contributed by atoms with Crippen LogP contribution in [0.15, 0.2) is 66.9 Å². The molecule has 1 aromatic heterocycles.